The largest absolute Gasteiger partial charge is 0.261 e. The van der Waals surface area contributed by atoms with E-state index >= 15 is 0 Å². The normalized spacial score (nSPS) is 31.2. The smallest absolute Gasteiger partial charge is 0.0548 e. The third kappa shape index (κ3) is 2.31. The van der Waals surface area contributed by atoms with Gasteiger partial charge in [-0.2, -0.15) is 0 Å². The second-order valence-electron chi connectivity index (χ2n) is 4.70. The van der Waals surface area contributed by atoms with Gasteiger partial charge < -0.3 is 0 Å². The predicted molar refractivity (Wildman–Crippen MR) is 60.2 cm³/mol. The maximum Gasteiger partial charge on any atom is 0.0548 e. The predicted octanol–water partition coefficient (Wildman–Crippen LogP) is 1.92. The topological polar surface area (TPSA) is 65.3 Å². The first kappa shape index (κ1) is 11.3. The molecule has 2 saturated heterocycles. The molecule has 0 radical (unpaired) electrons. The Morgan fingerprint density at radius 1 is 0.938 bits per heavy atom. The molecule has 2 aliphatic heterocycles. The molecular weight excluding hydrogens is 208 g/mol. The zero-order valence-corrected chi connectivity index (χ0v) is 9.42. The molecule has 0 aromatic heterocycles. The Hall–Kier alpha value is -1.20. The van der Waals surface area contributed by atoms with E-state index in [0.717, 1.165) is 45.2 Å². The molecule has 6 nitrogen and oxygen atoms in total. The number of piperidine rings is 2. The summed E-state index contributed by atoms with van der Waals surface area (Å²) in [4.78, 5) is 21.3. The molecule has 2 heterocycles. The second kappa shape index (κ2) is 5.23. The molecule has 2 atom stereocenters. The van der Waals surface area contributed by atoms with Gasteiger partial charge in [0.05, 0.1) is 16.6 Å². The summed E-state index contributed by atoms with van der Waals surface area (Å²) >= 11 is 0. The van der Waals surface area contributed by atoms with Gasteiger partial charge in [0.15, 0.2) is 0 Å². The Balaban J connectivity index is 1.98. The number of hydrogen-bond acceptors (Lipinski definition) is 4. The molecule has 2 unspecified atom stereocenters. The summed E-state index contributed by atoms with van der Waals surface area (Å²) < 4.78 is 0. The molecule has 0 aromatic rings. The van der Waals surface area contributed by atoms with Crippen molar-refractivity contribution in [2.45, 2.75) is 38.1 Å². The van der Waals surface area contributed by atoms with E-state index in [1.54, 1.807) is 10.0 Å². The Kier molecular flexibility index (Phi) is 3.69. The Labute approximate surface area is 94.9 Å². The van der Waals surface area contributed by atoms with Crippen LogP contribution in [-0.2, 0) is 0 Å². The molecule has 6 heteroatoms. The van der Waals surface area contributed by atoms with Crippen molar-refractivity contribution in [3.05, 3.63) is 9.81 Å². The summed E-state index contributed by atoms with van der Waals surface area (Å²) in [6, 6.07) is 0.218. The standard InChI is InChI=1S/C10H18N4O2/c15-11-13-6-3-4-9(8-13)10-5-1-2-7-14(10)12-16/h9-10H,1-8H2. The molecule has 0 saturated carbocycles. The van der Waals surface area contributed by atoms with E-state index in [-0.39, 0.29) is 6.04 Å². The van der Waals surface area contributed by atoms with Gasteiger partial charge in [-0.1, -0.05) is 0 Å². The number of nitroso groups, excluding NO2 is 2. The summed E-state index contributed by atoms with van der Waals surface area (Å²) in [5.74, 6) is 0.365. The van der Waals surface area contributed by atoms with Gasteiger partial charge >= 0.3 is 0 Å². The molecule has 0 N–H and O–H groups in total. The highest BCUT2D eigenvalue weighted by Crippen LogP contribution is 2.29. The summed E-state index contributed by atoms with van der Waals surface area (Å²) in [6.07, 6.45) is 5.28. The van der Waals surface area contributed by atoms with Crippen LogP contribution in [0.4, 0.5) is 0 Å². The van der Waals surface area contributed by atoms with Crippen molar-refractivity contribution in [2.75, 3.05) is 19.6 Å². The molecule has 0 aromatic carbocycles. The monoisotopic (exact) mass is 226 g/mol. The van der Waals surface area contributed by atoms with E-state index in [1.165, 1.54) is 0 Å². The maximum absolute atomic E-state index is 10.7. The van der Waals surface area contributed by atoms with Gasteiger partial charge in [0.25, 0.3) is 0 Å². The van der Waals surface area contributed by atoms with Gasteiger partial charge in [-0.25, -0.2) is 0 Å². The van der Waals surface area contributed by atoms with Crippen molar-refractivity contribution < 1.29 is 0 Å². The molecule has 2 aliphatic rings. The third-order valence-electron chi connectivity index (χ3n) is 3.72. The summed E-state index contributed by atoms with van der Waals surface area (Å²) in [5.41, 5.74) is 0. The SMILES string of the molecule is O=NN1CCCC(C2CCCCN2N=O)C1. The number of nitrogens with zero attached hydrogens (tertiary/aromatic N) is 4. The van der Waals surface area contributed by atoms with Gasteiger partial charge in [0.1, 0.15) is 0 Å². The quantitative estimate of drug-likeness (QED) is 0.689. The Morgan fingerprint density at radius 2 is 1.81 bits per heavy atom. The first-order valence-corrected chi connectivity index (χ1v) is 6.03. The van der Waals surface area contributed by atoms with E-state index in [1.807, 2.05) is 0 Å². The highest BCUT2D eigenvalue weighted by molar-refractivity contribution is 4.85. The molecule has 16 heavy (non-hydrogen) atoms. The minimum absolute atomic E-state index is 0.218. The fraction of sp³-hybridized carbons (Fsp3) is 1.00. The van der Waals surface area contributed by atoms with Crippen LogP contribution in [0.5, 0.6) is 0 Å². The van der Waals surface area contributed by atoms with Crippen LogP contribution in [0.3, 0.4) is 0 Å². The van der Waals surface area contributed by atoms with Crippen molar-refractivity contribution in [1.29, 1.82) is 0 Å². The third-order valence-corrected chi connectivity index (χ3v) is 3.72. The van der Waals surface area contributed by atoms with Crippen LogP contribution >= 0.6 is 0 Å². The lowest BCUT2D eigenvalue weighted by Crippen LogP contribution is -2.46. The lowest BCUT2D eigenvalue weighted by atomic mass is 9.86. The molecular formula is C10H18N4O2. The second-order valence-corrected chi connectivity index (χ2v) is 4.70. The highest BCUT2D eigenvalue weighted by atomic mass is 16.3. The van der Waals surface area contributed by atoms with Crippen LogP contribution in [0.2, 0.25) is 0 Å². The van der Waals surface area contributed by atoms with Gasteiger partial charge in [0, 0.05) is 25.6 Å². The number of rotatable bonds is 3. The fourth-order valence-electron chi connectivity index (χ4n) is 2.90. The lowest BCUT2D eigenvalue weighted by Gasteiger charge is -2.39. The summed E-state index contributed by atoms with van der Waals surface area (Å²) in [7, 11) is 0. The van der Waals surface area contributed by atoms with E-state index < -0.39 is 0 Å². The molecule has 0 amide bonds. The average Bonchev–Trinajstić information content (AvgIpc) is 2.38. The van der Waals surface area contributed by atoms with Crippen LogP contribution in [-0.4, -0.2) is 35.7 Å². The molecule has 0 spiro atoms. The summed E-state index contributed by atoms with van der Waals surface area (Å²) in [5, 5.41) is 9.35. The van der Waals surface area contributed by atoms with Gasteiger partial charge in [-0.15, -0.1) is 9.81 Å². The maximum atomic E-state index is 10.7. The summed E-state index contributed by atoms with van der Waals surface area (Å²) in [6.45, 7) is 2.20. The van der Waals surface area contributed by atoms with Crippen LogP contribution in [0, 0.1) is 15.7 Å². The van der Waals surface area contributed by atoms with Crippen molar-refractivity contribution in [1.82, 2.24) is 10.0 Å². The van der Waals surface area contributed by atoms with E-state index in [4.69, 9.17) is 0 Å². The van der Waals surface area contributed by atoms with Gasteiger partial charge in [-0.05, 0) is 32.1 Å². The fourth-order valence-corrected chi connectivity index (χ4v) is 2.90. The van der Waals surface area contributed by atoms with Gasteiger partial charge in [-0.3, -0.25) is 10.0 Å². The van der Waals surface area contributed by atoms with Crippen molar-refractivity contribution in [3.8, 4) is 0 Å². The van der Waals surface area contributed by atoms with Crippen LogP contribution in [0.15, 0.2) is 10.6 Å². The van der Waals surface area contributed by atoms with E-state index in [0.29, 0.717) is 12.5 Å². The van der Waals surface area contributed by atoms with Crippen molar-refractivity contribution in [2.24, 2.45) is 16.5 Å². The zero-order chi connectivity index (χ0) is 11.4. The molecule has 0 aliphatic carbocycles. The Morgan fingerprint density at radius 3 is 2.56 bits per heavy atom. The first-order valence-electron chi connectivity index (χ1n) is 6.03. The Bertz CT molecular complexity index is 261. The van der Waals surface area contributed by atoms with Gasteiger partial charge in [0.2, 0.25) is 0 Å². The molecule has 2 rings (SSSR count). The minimum atomic E-state index is 0.218. The van der Waals surface area contributed by atoms with Crippen molar-refractivity contribution >= 4 is 0 Å². The van der Waals surface area contributed by atoms with Crippen LogP contribution < -0.4 is 0 Å². The highest BCUT2D eigenvalue weighted by Gasteiger charge is 2.33. The average molecular weight is 226 g/mol. The number of hydrogen-bond donors (Lipinski definition) is 0. The van der Waals surface area contributed by atoms with Crippen molar-refractivity contribution in [3.63, 3.8) is 0 Å². The lowest BCUT2D eigenvalue weighted by molar-refractivity contribution is 0.0542. The van der Waals surface area contributed by atoms with E-state index in [9.17, 15) is 9.81 Å². The molecule has 2 fully saturated rings. The van der Waals surface area contributed by atoms with Crippen LogP contribution in [0.25, 0.3) is 0 Å². The van der Waals surface area contributed by atoms with Crippen LogP contribution in [0.1, 0.15) is 32.1 Å². The minimum Gasteiger partial charge on any atom is -0.261 e. The molecule has 0 bridgehead atoms. The van der Waals surface area contributed by atoms with E-state index in [2.05, 4.69) is 10.6 Å². The first-order chi connectivity index (χ1) is 7.85. The zero-order valence-electron chi connectivity index (χ0n) is 9.42. The molecule has 90 valence electrons.